The number of para-hydroxylation sites is 1. The molecule has 1 aromatic heterocycles. The maximum atomic E-state index is 12.4. The molecule has 2 N–H and O–H groups in total. The molecule has 1 aliphatic rings. The second-order valence-corrected chi connectivity index (χ2v) is 8.52. The molecule has 4 rings (SSSR count). The number of hydrogen-bond acceptors (Lipinski definition) is 5. The lowest BCUT2D eigenvalue weighted by molar-refractivity contribution is -0.118. The molecule has 1 aliphatic heterocycles. The largest absolute Gasteiger partial charge is 0.361 e. The third-order valence-corrected chi connectivity index (χ3v) is 6.11. The Kier molecular flexibility index (Phi) is 5.96. The van der Waals surface area contributed by atoms with Crippen LogP contribution in [0.5, 0.6) is 0 Å². The fourth-order valence-electron chi connectivity index (χ4n) is 2.95. The minimum Gasteiger partial charge on any atom is -0.361 e. The summed E-state index contributed by atoms with van der Waals surface area (Å²) in [7, 11) is 0. The van der Waals surface area contributed by atoms with Crippen LogP contribution in [0.2, 0.25) is 0 Å². The number of aromatic nitrogens is 1. The number of hydrogen-bond donors (Lipinski definition) is 2. The van der Waals surface area contributed by atoms with Crippen LogP contribution in [0.15, 0.2) is 69.8 Å². The second kappa shape index (κ2) is 8.79. The van der Waals surface area contributed by atoms with Crippen molar-refractivity contribution < 1.29 is 13.6 Å². The predicted octanol–water partition coefficient (Wildman–Crippen LogP) is 4.65. The van der Waals surface area contributed by atoms with Crippen molar-refractivity contribution in [2.75, 3.05) is 0 Å². The third kappa shape index (κ3) is 4.86. The number of fused-ring (bicyclic) bond motifs is 1. The van der Waals surface area contributed by atoms with Gasteiger partial charge in [-0.3, -0.25) is 4.79 Å². The number of amidine groups is 1. The number of nitrogens with one attached hydrogen (secondary N) is 2. The normalized spacial score (nSPS) is 18.4. The van der Waals surface area contributed by atoms with E-state index >= 15 is 0 Å². The minimum absolute atomic E-state index is 0.137. The van der Waals surface area contributed by atoms with E-state index in [9.17, 15) is 13.6 Å². The number of benzene rings is 2. The highest BCUT2D eigenvalue weighted by molar-refractivity contribution is 8.15. The van der Waals surface area contributed by atoms with Crippen molar-refractivity contribution >= 4 is 51.7 Å². The lowest BCUT2D eigenvalue weighted by Gasteiger charge is -2.06. The van der Waals surface area contributed by atoms with Gasteiger partial charge < -0.3 is 10.3 Å². The van der Waals surface area contributed by atoms with Crippen LogP contribution in [0, 0.1) is 0 Å². The number of alkyl halides is 2. The van der Waals surface area contributed by atoms with Gasteiger partial charge in [-0.2, -0.15) is 13.9 Å². The summed E-state index contributed by atoms with van der Waals surface area (Å²) in [6, 6.07) is 14.7. The van der Waals surface area contributed by atoms with E-state index in [2.05, 4.69) is 20.5 Å². The quantitative estimate of drug-likeness (QED) is 0.340. The number of carbonyl (C=O) groups excluding carboxylic acids is 1. The topological polar surface area (TPSA) is 69.6 Å². The summed E-state index contributed by atoms with van der Waals surface area (Å²) < 4.78 is 24.8. The Bertz CT molecular complexity index is 1080. The molecular formula is C20H16F2N4OS2. The molecule has 3 aromatic rings. The van der Waals surface area contributed by atoms with Crippen LogP contribution in [0.3, 0.4) is 0 Å². The Hall–Kier alpha value is -2.65. The standard InChI is InChI=1S/C20H16F2N4OS2/c21-19(22)28-14-7-5-12(6-8-14)9-17-18(27)25-20(29-17)26-24-11-13-10-23-16-4-2-1-3-15(13)16/h1-8,10-11,17,19,23H,9H2,(H,25,26,27). The first-order chi connectivity index (χ1) is 14.1. The van der Waals surface area contributed by atoms with Crippen LogP contribution in [0.4, 0.5) is 8.78 Å². The first-order valence-electron chi connectivity index (χ1n) is 8.77. The number of thioether (sulfide) groups is 2. The molecule has 1 fully saturated rings. The van der Waals surface area contributed by atoms with Gasteiger partial charge in [0.25, 0.3) is 5.76 Å². The number of H-pyrrole nitrogens is 1. The van der Waals surface area contributed by atoms with Crippen molar-refractivity contribution in [3.63, 3.8) is 0 Å². The zero-order chi connectivity index (χ0) is 20.2. The summed E-state index contributed by atoms with van der Waals surface area (Å²) in [5.41, 5.74) is 2.83. The van der Waals surface area contributed by atoms with E-state index in [0.717, 1.165) is 22.0 Å². The highest BCUT2D eigenvalue weighted by atomic mass is 32.2. The Morgan fingerprint density at radius 1 is 1.17 bits per heavy atom. The molecule has 0 radical (unpaired) electrons. The molecule has 1 atom stereocenters. The Labute approximate surface area is 174 Å². The molecule has 1 saturated heterocycles. The number of halogens is 2. The number of amides is 1. The SMILES string of the molecule is O=C1N/C(=N\N=Cc2c[nH]c3ccccc23)SC1Cc1ccc(SC(F)F)cc1. The summed E-state index contributed by atoms with van der Waals surface area (Å²) in [5, 5.41) is 12.1. The van der Waals surface area contributed by atoms with Crippen LogP contribution in [-0.4, -0.2) is 33.3 Å². The summed E-state index contributed by atoms with van der Waals surface area (Å²) in [6.07, 6.45) is 3.99. The number of carbonyl (C=O) groups is 1. The first kappa shape index (κ1) is 19.7. The smallest absolute Gasteiger partial charge is 0.288 e. The molecule has 0 spiro atoms. The van der Waals surface area contributed by atoms with E-state index in [1.165, 1.54) is 11.8 Å². The van der Waals surface area contributed by atoms with E-state index < -0.39 is 5.76 Å². The molecule has 2 heterocycles. The molecule has 0 saturated carbocycles. The minimum atomic E-state index is -2.44. The Balaban J connectivity index is 1.38. The highest BCUT2D eigenvalue weighted by Crippen LogP contribution is 2.27. The average Bonchev–Trinajstić information content (AvgIpc) is 3.27. The Morgan fingerprint density at radius 3 is 2.76 bits per heavy atom. The van der Waals surface area contributed by atoms with Gasteiger partial charge >= 0.3 is 0 Å². The van der Waals surface area contributed by atoms with Gasteiger partial charge in [0, 0.05) is 27.6 Å². The van der Waals surface area contributed by atoms with Gasteiger partial charge in [0.2, 0.25) is 5.91 Å². The summed E-state index contributed by atoms with van der Waals surface area (Å²) in [5.74, 6) is -2.58. The van der Waals surface area contributed by atoms with Gasteiger partial charge in [-0.05, 0) is 30.2 Å². The molecule has 1 unspecified atom stereocenters. The Morgan fingerprint density at radius 2 is 1.97 bits per heavy atom. The average molecular weight is 431 g/mol. The van der Waals surface area contributed by atoms with Gasteiger partial charge in [0.05, 0.1) is 11.5 Å². The van der Waals surface area contributed by atoms with Crippen LogP contribution < -0.4 is 5.32 Å². The molecule has 2 aromatic carbocycles. The lowest BCUT2D eigenvalue weighted by Crippen LogP contribution is -2.25. The van der Waals surface area contributed by atoms with E-state index in [1.54, 1.807) is 30.5 Å². The molecule has 148 valence electrons. The number of aromatic amines is 1. The predicted molar refractivity (Wildman–Crippen MR) is 115 cm³/mol. The van der Waals surface area contributed by atoms with Gasteiger partial charge in [0.1, 0.15) is 0 Å². The lowest BCUT2D eigenvalue weighted by atomic mass is 10.1. The molecular weight excluding hydrogens is 414 g/mol. The first-order valence-corrected chi connectivity index (χ1v) is 10.5. The van der Waals surface area contributed by atoms with Crippen LogP contribution in [0.25, 0.3) is 10.9 Å². The van der Waals surface area contributed by atoms with Crippen molar-refractivity contribution in [2.24, 2.45) is 10.2 Å². The van der Waals surface area contributed by atoms with Gasteiger partial charge in [-0.1, -0.05) is 53.9 Å². The highest BCUT2D eigenvalue weighted by Gasteiger charge is 2.30. The van der Waals surface area contributed by atoms with Crippen LogP contribution in [-0.2, 0) is 11.2 Å². The van der Waals surface area contributed by atoms with Gasteiger partial charge in [-0.25, -0.2) is 0 Å². The molecule has 1 amide bonds. The van der Waals surface area contributed by atoms with E-state index in [4.69, 9.17) is 0 Å². The third-order valence-electron chi connectivity index (χ3n) is 4.31. The molecule has 9 heteroatoms. The fourth-order valence-corrected chi connectivity index (χ4v) is 4.42. The summed E-state index contributed by atoms with van der Waals surface area (Å²) >= 11 is 1.82. The van der Waals surface area contributed by atoms with E-state index in [1.807, 2.05) is 30.5 Å². The molecule has 0 aliphatic carbocycles. The van der Waals surface area contributed by atoms with E-state index in [0.29, 0.717) is 28.2 Å². The van der Waals surface area contributed by atoms with Crippen molar-refractivity contribution in [1.82, 2.24) is 10.3 Å². The zero-order valence-corrected chi connectivity index (χ0v) is 16.6. The monoisotopic (exact) mass is 430 g/mol. The fraction of sp³-hybridized carbons (Fsp3) is 0.150. The zero-order valence-electron chi connectivity index (χ0n) is 15.0. The molecule has 5 nitrogen and oxygen atoms in total. The maximum absolute atomic E-state index is 12.4. The van der Waals surface area contributed by atoms with Crippen LogP contribution in [0.1, 0.15) is 11.1 Å². The van der Waals surface area contributed by atoms with Gasteiger partial charge in [-0.15, -0.1) is 5.10 Å². The summed E-state index contributed by atoms with van der Waals surface area (Å²) in [4.78, 5) is 15.9. The molecule has 0 bridgehead atoms. The van der Waals surface area contributed by atoms with Crippen molar-refractivity contribution in [3.8, 4) is 0 Å². The van der Waals surface area contributed by atoms with Crippen molar-refractivity contribution in [1.29, 1.82) is 0 Å². The van der Waals surface area contributed by atoms with Crippen LogP contribution >= 0.6 is 23.5 Å². The van der Waals surface area contributed by atoms with Crippen molar-refractivity contribution in [3.05, 3.63) is 65.9 Å². The van der Waals surface area contributed by atoms with Gasteiger partial charge in [0.15, 0.2) is 5.17 Å². The maximum Gasteiger partial charge on any atom is 0.288 e. The molecule has 29 heavy (non-hydrogen) atoms. The second-order valence-electron chi connectivity index (χ2n) is 6.26. The van der Waals surface area contributed by atoms with Crippen molar-refractivity contribution in [2.45, 2.75) is 22.3 Å². The summed E-state index contributed by atoms with van der Waals surface area (Å²) in [6.45, 7) is 0. The van der Waals surface area contributed by atoms with E-state index in [-0.39, 0.29) is 11.2 Å². The number of nitrogens with zero attached hydrogens (tertiary/aromatic N) is 2. The number of rotatable bonds is 6.